The molecule has 0 spiro atoms. The van der Waals surface area contributed by atoms with Crippen LogP contribution in [-0.2, 0) is 22.5 Å². The Hall–Kier alpha value is -2.06. The van der Waals surface area contributed by atoms with Gasteiger partial charge < -0.3 is 14.4 Å². The summed E-state index contributed by atoms with van der Waals surface area (Å²) >= 11 is 1.58. The maximum Gasteiger partial charge on any atom is 0.573 e. The van der Waals surface area contributed by atoms with Gasteiger partial charge in [0.25, 0.3) is 0 Å². The highest BCUT2D eigenvalue weighted by Crippen LogP contribution is 2.23. The number of benzene rings is 1. The normalized spacial score (nSPS) is 17.1. The Labute approximate surface area is 159 Å². The lowest BCUT2D eigenvalue weighted by molar-refractivity contribution is -0.274. The van der Waals surface area contributed by atoms with Crippen LogP contribution >= 0.6 is 11.3 Å². The van der Waals surface area contributed by atoms with E-state index in [1.807, 2.05) is 17.5 Å². The number of amides is 1. The lowest BCUT2D eigenvalue weighted by Crippen LogP contribution is -2.37. The van der Waals surface area contributed by atoms with Crippen molar-refractivity contribution >= 4 is 17.2 Å². The Balaban J connectivity index is 1.64. The average molecular weight is 399 g/mol. The van der Waals surface area contributed by atoms with Crippen LogP contribution in [0.1, 0.15) is 23.3 Å². The van der Waals surface area contributed by atoms with Crippen molar-refractivity contribution in [2.75, 3.05) is 13.2 Å². The summed E-state index contributed by atoms with van der Waals surface area (Å²) in [6.45, 7) is 1.74. The van der Waals surface area contributed by atoms with E-state index >= 15 is 0 Å². The van der Waals surface area contributed by atoms with Gasteiger partial charge in [-0.2, -0.15) is 0 Å². The molecule has 0 saturated carbocycles. The molecule has 2 heterocycles. The quantitative estimate of drug-likeness (QED) is 0.693. The van der Waals surface area contributed by atoms with E-state index in [1.54, 1.807) is 16.2 Å². The van der Waals surface area contributed by atoms with Gasteiger partial charge in [0.1, 0.15) is 5.75 Å². The van der Waals surface area contributed by atoms with Crippen LogP contribution < -0.4 is 4.74 Å². The number of thiophene rings is 1. The Morgan fingerprint density at radius 1 is 1.26 bits per heavy atom. The summed E-state index contributed by atoms with van der Waals surface area (Å²) in [6, 6.07) is 9.32. The molecule has 2 aromatic rings. The molecule has 146 valence electrons. The molecule has 0 N–H and O–H groups in total. The molecule has 0 aliphatic carbocycles. The Morgan fingerprint density at radius 3 is 2.63 bits per heavy atom. The predicted molar refractivity (Wildman–Crippen MR) is 95.5 cm³/mol. The van der Waals surface area contributed by atoms with Gasteiger partial charge >= 0.3 is 6.36 Å². The first-order valence-electron chi connectivity index (χ1n) is 8.65. The van der Waals surface area contributed by atoms with E-state index in [-0.39, 0.29) is 24.2 Å². The lowest BCUT2D eigenvalue weighted by Gasteiger charge is -2.25. The molecule has 3 rings (SSSR count). The monoisotopic (exact) mass is 399 g/mol. The number of nitrogens with zero attached hydrogens (tertiary/aromatic N) is 1. The Bertz CT molecular complexity index is 726. The van der Waals surface area contributed by atoms with Crippen LogP contribution in [-0.4, -0.2) is 36.4 Å². The van der Waals surface area contributed by atoms with Gasteiger partial charge in [-0.3, -0.25) is 4.79 Å². The molecule has 8 heteroatoms. The lowest BCUT2D eigenvalue weighted by atomic mass is 10.1. The summed E-state index contributed by atoms with van der Waals surface area (Å²) in [5, 5.41) is 1.96. The molecule has 1 aliphatic heterocycles. The second-order valence-corrected chi connectivity index (χ2v) is 7.39. The van der Waals surface area contributed by atoms with Gasteiger partial charge in [-0.05, 0) is 42.0 Å². The van der Waals surface area contributed by atoms with Gasteiger partial charge in [0.2, 0.25) is 5.91 Å². The molecule has 1 saturated heterocycles. The molecule has 1 atom stereocenters. The predicted octanol–water partition coefficient (Wildman–Crippen LogP) is 4.40. The summed E-state index contributed by atoms with van der Waals surface area (Å²) in [4.78, 5) is 15.6. The summed E-state index contributed by atoms with van der Waals surface area (Å²) < 4.78 is 46.2. The van der Waals surface area contributed by atoms with E-state index < -0.39 is 6.36 Å². The fourth-order valence-electron chi connectivity index (χ4n) is 2.97. The van der Waals surface area contributed by atoms with Crippen molar-refractivity contribution in [2.24, 2.45) is 0 Å². The van der Waals surface area contributed by atoms with Crippen molar-refractivity contribution in [2.45, 2.75) is 38.3 Å². The van der Waals surface area contributed by atoms with E-state index in [9.17, 15) is 18.0 Å². The van der Waals surface area contributed by atoms with Crippen molar-refractivity contribution in [3.63, 3.8) is 0 Å². The van der Waals surface area contributed by atoms with Crippen molar-refractivity contribution in [3.05, 3.63) is 52.2 Å². The molecule has 1 fully saturated rings. The molecule has 27 heavy (non-hydrogen) atoms. The molecular formula is C19H20F3NO3S. The van der Waals surface area contributed by atoms with Crippen molar-refractivity contribution in [1.29, 1.82) is 0 Å². The van der Waals surface area contributed by atoms with Gasteiger partial charge in [-0.25, -0.2) is 0 Å². The summed E-state index contributed by atoms with van der Waals surface area (Å²) in [6.07, 6.45) is -2.65. The van der Waals surface area contributed by atoms with E-state index in [0.717, 1.165) is 17.7 Å². The molecule has 0 bridgehead atoms. The highest BCUT2D eigenvalue weighted by molar-refractivity contribution is 7.09. The number of hydrogen-bond donors (Lipinski definition) is 0. The molecule has 1 aliphatic rings. The smallest absolute Gasteiger partial charge is 0.406 e. The van der Waals surface area contributed by atoms with Crippen LogP contribution in [0.2, 0.25) is 0 Å². The van der Waals surface area contributed by atoms with Gasteiger partial charge in [0.05, 0.1) is 19.1 Å². The van der Waals surface area contributed by atoms with Crippen LogP contribution in [0, 0.1) is 0 Å². The zero-order chi connectivity index (χ0) is 19.3. The van der Waals surface area contributed by atoms with Crippen LogP contribution in [0.4, 0.5) is 13.2 Å². The second-order valence-electron chi connectivity index (χ2n) is 6.36. The number of halogens is 3. The van der Waals surface area contributed by atoms with Gasteiger partial charge in [0.15, 0.2) is 0 Å². The molecule has 4 nitrogen and oxygen atoms in total. The third-order valence-corrected chi connectivity index (χ3v) is 5.10. The first-order chi connectivity index (χ1) is 12.9. The van der Waals surface area contributed by atoms with Crippen molar-refractivity contribution in [1.82, 2.24) is 4.90 Å². The minimum atomic E-state index is -4.73. The summed E-state index contributed by atoms with van der Waals surface area (Å²) in [5.74, 6) is -0.378. The van der Waals surface area contributed by atoms with Gasteiger partial charge in [0, 0.05) is 18.0 Å². The minimum absolute atomic E-state index is 0.0384. The topological polar surface area (TPSA) is 38.8 Å². The summed E-state index contributed by atoms with van der Waals surface area (Å²) in [7, 11) is 0. The maximum absolute atomic E-state index is 12.8. The SMILES string of the molecule is O=C(Cc1ccc(OC(F)(F)F)cc1)N(Cc1cccs1)CC1CCCO1. The van der Waals surface area contributed by atoms with Crippen molar-refractivity contribution in [3.8, 4) is 5.75 Å². The van der Waals surface area contributed by atoms with E-state index in [4.69, 9.17) is 4.74 Å². The van der Waals surface area contributed by atoms with Crippen LogP contribution in [0.5, 0.6) is 5.75 Å². The van der Waals surface area contributed by atoms with E-state index in [2.05, 4.69) is 4.74 Å². The highest BCUT2D eigenvalue weighted by atomic mass is 32.1. The molecule has 0 radical (unpaired) electrons. The van der Waals surface area contributed by atoms with Crippen LogP contribution in [0.3, 0.4) is 0 Å². The van der Waals surface area contributed by atoms with E-state index in [0.29, 0.717) is 25.3 Å². The zero-order valence-electron chi connectivity index (χ0n) is 14.6. The van der Waals surface area contributed by atoms with Gasteiger partial charge in [-0.1, -0.05) is 18.2 Å². The van der Waals surface area contributed by atoms with Crippen LogP contribution in [0.25, 0.3) is 0 Å². The van der Waals surface area contributed by atoms with Crippen LogP contribution in [0.15, 0.2) is 41.8 Å². The minimum Gasteiger partial charge on any atom is -0.406 e. The molecular weight excluding hydrogens is 379 g/mol. The van der Waals surface area contributed by atoms with Gasteiger partial charge in [-0.15, -0.1) is 24.5 Å². The van der Waals surface area contributed by atoms with E-state index in [1.165, 1.54) is 24.3 Å². The number of alkyl halides is 3. The zero-order valence-corrected chi connectivity index (χ0v) is 15.4. The molecule has 1 amide bonds. The molecule has 1 aromatic heterocycles. The fraction of sp³-hybridized carbons (Fsp3) is 0.421. The average Bonchev–Trinajstić information content (AvgIpc) is 3.28. The number of carbonyl (C=O) groups is 1. The number of hydrogen-bond acceptors (Lipinski definition) is 4. The Morgan fingerprint density at radius 2 is 2.04 bits per heavy atom. The Kier molecular flexibility index (Phi) is 6.38. The summed E-state index contributed by atoms with van der Waals surface area (Å²) in [5.41, 5.74) is 0.637. The first-order valence-corrected chi connectivity index (χ1v) is 9.53. The first kappa shape index (κ1) is 19.7. The number of rotatable bonds is 7. The highest BCUT2D eigenvalue weighted by Gasteiger charge is 2.31. The number of carbonyl (C=O) groups excluding carboxylic acids is 1. The molecule has 1 aromatic carbocycles. The standard InChI is InChI=1S/C19H20F3NO3S/c20-19(21,22)26-15-7-5-14(6-8-15)11-18(24)23(12-16-3-1-9-25-16)13-17-4-2-10-27-17/h2,4-8,10,16H,1,3,9,11-13H2. The molecule has 1 unspecified atom stereocenters. The van der Waals surface area contributed by atoms with Crippen molar-refractivity contribution < 1.29 is 27.4 Å². The third kappa shape index (κ3) is 6.25. The number of ether oxygens (including phenoxy) is 2. The largest absolute Gasteiger partial charge is 0.573 e. The maximum atomic E-state index is 12.8. The fourth-order valence-corrected chi connectivity index (χ4v) is 3.69. The second kappa shape index (κ2) is 8.75. The third-order valence-electron chi connectivity index (χ3n) is 4.24.